The molecular weight excluding hydrogens is 302 g/mol. The van der Waals surface area contributed by atoms with Gasteiger partial charge in [0.1, 0.15) is 0 Å². The summed E-state index contributed by atoms with van der Waals surface area (Å²) in [6.07, 6.45) is 3.22. The number of hydrogen-bond donors (Lipinski definition) is 0. The van der Waals surface area contributed by atoms with Crippen LogP contribution in [0.1, 0.15) is 45.9 Å². The standard InChI is InChI=1S/C20H21NO3/c1-23-17-11-10-14-12-21(20(22)18(14)19(17)24-2)16-9-5-7-13-6-3-4-8-15(13)16/h3-4,6,8,10-11,16H,5,7,9,12H2,1-2H3/t16-/m0/s1. The molecule has 0 unspecified atom stereocenters. The molecule has 1 heterocycles. The van der Waals surface area contributed by atoms with E-state index in [1.807, 2.05) is 17.0 Å². The summed E-state index contributed by atoms with van der Waals surface area (Å²) in [4.78, 5) is 15.1. The highest BCUT2D eigenvalue weighted by atomic mass is 16.5. The number of amides is 1. The van der Waals surface area contributed by atoms with Gasteiger partial charge in [0.25, 0.3) is 5.91 Å². The Balaban J connectivity index is 1.75. The molecule has 2 aliphatic rings. The Morgan fingerprint density at radius 1 is 1.04 bits per heavy atom. The van der Waals surface area contributed by atoms with Crippen molar-refractivity contribution in [2.45, 2.75) is 31.8 Å². The van der Waals surface area contributed by atoms with Gasteiger partial charge in [-0.15, -0.1) is 0 Å². The Hall–Kier alpha value is -2.49. The van der Waals surface area contributed by atoms with Crippen molar-refractivity contribution >= 4 is 5.91 Å². The van der Waals surface area contributed by atoms with Crippen LogP contribution in [0.25, 0.3) is 0 Å². The molecule has 0 aromatic heterocycles. The smallest absolute Gasteiger partial charge is 0.258 e. The Kier molecular flexibility index (Phi) is 3.68. The van der Waals surface area contributed by atoms with Gasteiger partial charge < -0.3 is 14.4 Å². The molecule has 4 nitrogen and oxygen atoms in total. The van der Waals surface area contributed by atoms with Gasteiger partial charge in [0.05, 0.1) is 25.8 Å². The van der Waals surface area contributed by atoms with Gasteiger partial charge in [-0.05, 0) is 42.0 Å². The van der Waals surface area contributed by atoms with Crippen LogP contribution in [0.5, 0.6) is 11.5 Å². The van der Waals surface area contributed by atoms with Crippen LogP contribution in [0.2, 0.25) is 0 Å². The van der Waals surface area contributed by atoms with E-state index < -0.39 is 0 Å². The van der Waals surface area contributed by atoms with Crippen LogP contribution in [0.15, 0.2) is 36.4 Å². The molecule has 2 aromatic carbocycles. The number of methoxy groups -OCH3 is 2. The van der Waals surface area contributed by atoms with E-state index in [9.17, 15) is 4.79 Å². The summed E-state index contributed by atoms with van der Waals surface area (Å²) in [7, 11) is 3.18. The first-order valence-corrected chi connectivity index (χ1v) is 8.37. The number of aryl methyl sites for hydroxylation is 1. The highest BCUT2D eigenvalue weighted by Crippen LogP contribution is 2.43. The van der Waals surface area contributed by atoms with Crippen molar-refractivity contribution < 1.29 is 14.3 Å². The van der Waals surface area contributed by atoms with Crippen LogP contribution < -0.4 is 9.47 Å². The lowest BCUT2D eigenvalue weighted by molar-refractivity contribution is 0.0680. The molecule has 0 fully saturated rings. The number of rotatable bonds is 3. The largest absolute Gasteiger partial charge is 0.493 e. The highest BCUT2D eigenvalue weighted by molar-refractivity contribution is 6.02. The van der Waals surface area contributed by atoms with E-state index in [-0.39, 0.29) is 11.9 Å². The van der Waals surface area contributed by atoms with Crippen molar-refractivity contribution in [1.29, 1.82) is 0 Å². The van der Waals surface area contributed by atoms with E-state index >= 15 is 0 Å². The third-order valence-electron chi connectivity index (χ3n) is 5.16. The lowest BCUT2D eigenvalue weighted by Gasteiger charge is -2.33. The normalized spacial score (nSPS) is 19.0. The molecule has 0 N–H and O–H groups in total. The summed E-state index contributed by atoms with van der Waals surface area (Å²) >= 11 is 0. The van der Waals surface area contributed by atoms with Gasteiger partial charge >= 0.3 is 0 Å². The number of fused-ring (bicyclic) bond motifs is 2. The summed E-state index contributed by atoms with van der Waals surface area (Å²) in [5, 5.41) is 0. The van der Waals surface area contributed by atoms with Crippen molar-refractivity contribution in [3.8, 4) is 11.5 Å². The van der Waals surface area contributed by atoms with Gasteiger partial charge in [-0.2, -0.15) is 0 Å². The second-order valence-corrected chi connectivity index (χ2v) is 6.38. The molecule has 1 atom stereocenters. The molecule has 1 amide bonds. The predicted molar refractivity (Wildman–Crippen MR) is 91.5 cm³/mol. The van der Waals surface area contributed by atoms with Gasteiger partial charge in [0, 0.05) is 6.54 Å². The molecule has 24 heavy (non-hydrogen) atoms. The number of nitrogens with zero attached hydrogens (tertiary/aromatic N) is 1. The zero-order valence-corrected chi connectivity index (χ0v) is 14.0. The zero-order chi connectivity index (χ0) is 16.7. The van der Waals surface area contributed by atoms with Crippen molar-refractivity contribution in [2.75, 3.05) is 14.2 Å². The Morgan fingerprint density at radius 2 is 1.88 bits per heavy atom. The molecule has 4 heteroatoms. The number of carbonyl (C=O) groups is 1. The van der Waals surface area contributed by atoms with E-state index in [0.717, 1.165) is 24.8 Å². The van der Waals surface area contributed by atoms with Gasteiger partial charge in [0.2, 0.25) is 0 Å². The van der Waals surface area contributed by atoms with Crippen LogP contribution in [-0.4, -0.2) is 25.0 Å². The first kappa shape index (κ1) is 15.1. The molecule has 0 saturated carbocycles. The number of ether oxygens (including phenoxy) is 2. The minimum absolute atomic E-state index is 0.0439. The second kappa shape index (κ2) is 5.86. The maximum Gasteiger partial charge on any atom is 0.258 e. The monoisotopic (exact) mass is 323 g/mol. The topological polar surface area (TPSA) is 38.8 Å². The van der Waals surface area contributed by atoms with E-state index in [4.69, 9.17) is 9.47 Å². The predicted octanol–water partition coefficient (Wildman–Crippen LogP) is 3.74. The lowest BCUT2D eigenvalue weighted by atomic mass is 9.87. The van der Waals surface area contributed by atoms with Crippen LogP contribution in [0, 0.1) is 0 Å². The summed E-state index contributed by atoms with van der Waals surface area (Å²) in [6, 6.07) is 12.5. The van der Waals surface area contributed by atoms with Crippen molar-refractivity contribution in [3.63, 3.8) is 0 Å². The molecule has 0 saturated heterocycles. The Morgan fingerprint density at radius 3 is 2.67 bits per heavy atom. The van der Waals surface area contributed by atoms with Gasteiger partial charge in [-0.25, -0.2) is 0 Å². The quantitative estimate of drug-likeness (QED) is 0.864. The molecule has 2 aromatic rings. The summed E-state index contributed by atoms with van der Waals surface area (Å²) < 4.78 is 10.8. The molecule has 0 bridgehead atoms. The van der Waals surface area contributed by atoms with Gasteiger partial charge in [0.15, 0.2) is 11.5 Å². The van der Waals surface area contributed by atoms with Gasteiger partial charge in [-0.3, -0.25) is 4.79 Å². The molecule has 1 aliphatic heterocycles. The molecule has 124 valence electrons. The highest BCUT2D eigenvalue weighted by Gasteiger charge is 2.38. The third kappa shape index (κ3) is 2.17. The maximum absolute atomic E-state index is 13.1. The summed E-state index contributed by atoms with van der Waals surface area (Å²) in [5.74, 6) is 1.20. The lowest BCUT2D eigenvalue weighted by Crippen LogP contribution is -2.31. The fourth-order valence-electron chi connectivity index (χ4n) is 4.04. The minimum Gasteiger partial charge on any atom is -0.493 e. The SMILES string of the molecule is COc1ccc2c(c1OC)C(=O)N([C@H]1CCCc3ccccc31)C2. The average Bonchev–Trinajstić information content (AvgIpc) is 2.97. The fraction of sp³-hybridized carbons (Fsp3) is 0.350. The van der Waals surface area contributed by atoms with E-state index in [2.05, 4.69) is 24.3 Å². The van der Waals surface area contributed by atoms with E-state index in [1.165, 1.54) is 11.1 Å². The molecule has 4 rings (SSSR count). The zero-order valence-electron chi connectivity index (χ0n) is 14.0. The first-order valence-electron chi connectivity index (χ1n) is 8.37. The third-order valence-corrected chi connectivity index (χ3v) is 5.16. The van der Waals surface area contributed by atoms with E-state index in [1.54, 1.807) is 14.2 Å². The molecule has 1 aliphatic carbocycles. The van der Waals surface area contributed by atoms with Crippen molar-refractivity contribution in [3.05, 3.63) is 58.7 Å². The fourth-order valence-corrected chi connectivity index (χ4v) is 4.04. The number of carbonyl (C=O) groups excluding carboxylic acids is 1. The van der Waals surface area contributed by atoms with Crippen LogP contribution in [-0.2, 0) is 13.0 Å². The van der Waals surface area contributed by atoms with Crippen LogP contribution in [0.4, 0.5) is 0 Å². The van der Waals surface area contributed by atoms with Crippen molar-refractivity contribution in [1.82, 2.24) is 4.90 Å². The Bertz CT molecular complexity index is 799. The van der Waals surface area contributed by atoms with E-state index in [0.29, 0.717) is 23.6 Å². The average molecular weight is 323 g/mol. The summed E-state index contributed by atoms with van der Waals surface area (Å²) in [6.45, 7) is 0.632. The minimum atomic E-state index is 0.0439. The van der Waals surface area contributed by atoms with Gasteiger partial charge in [-0.1, -0.05) is 30.3 Å². The van der Waals surface area contributed by atoms with Crippen molar-refractivity contribution in [2.24, 2.45) is 0 Å². The summed E-state index contributed by atoms with van der Waals surface area (Å²) in [5.41, 5.74) is 4.32. The van der Waals surface area contributed by atoms with Crippen LogP contribution >= 0.6 is 0 Å². The molecule has 0 radical (unpaired) electrons. The molecule has 0 spiro atoms. The number of benzene rings is 2. The number of hydrogen-bond acceptors (Lipinski definition) is 3. The second-order valence-electron chi connectivity index (χ2n) is 6.38. The Labute approximate surface area is 142 Å². The van der Waals surface area contributed by atoms with Crippen LogP contribution in [0.3, 0.4) is 0 Å². The first-order chi connectivity index (χ1) is 11.7. The molecular formula is C20H21NO3. The maximum atomic E-state index is 13.1.